The molecular weight excluding hydrogens is 485 g/mol. The molecule has 3 atom stereocenters. The number of nitrogens with zero attached hydrogens (tertiary/aromatic N) is 1. The quantitative estimate of drug-likeness (QED) is 0.122. The summed E-state index contributed by atoms with van der Waals surface area (Å²) in [6, 6.07) is 0. The molecule has 0 radical (unpaired) electrons. The van der Waals surface area contributed by atoms with E-state index in [-0.39, 0.29) is 30.6 Å². The van der Waals surface area contributed by atoms with Crippen LogP contribution in [0.2, 0.25) is 0 Å². The first-order valence-corrected chi connectivity index (χ1v) is 14.3. The Morgan fingerprint density at radius 3 is 1.52 bits per heavy atom. The number of hydrogen-bond acceptors (Lipinski definition) is 5. The first-order valence-electron chi connectivity index (χ1n) is 12.7. The van der Waals surface area contributed by atoms with Crippen molar-refractivity contribution in [2.45, 2.75) is 95.9 Å². The predicted octanol–water partition coefficient (Wildman–Crippen LogP) is 6.34. The molecule has 0 aromatic carbocycles. The number of aliphatic hydroxyl groups is 1. The van der Waals surface area contributed by atoms with Gasteiger partial charge in [-0.15, -0.1) is 34.8 Å². The highest BCUT2D eigenvalue weighted by molar-refractivity contribution is 6.18. The lowest BCUT2D eigenvalue weighted by Crippen LogP contribution is -2.31. The summed E-state index contributed by atoms with van der Waals surface area (Å²) in [4.78, 5) is 2.00. The Labute approximate surface area is 219 Å². The van der Waals surface area contributed by atoms with Crippen LogP contribution in [0.4, 0.5) is 0 Å². The van der Waals surface area contributed by atoms with Crippen LogP contribution >= 0.6 is 34.8 Å². The van der Waals surface area contributed by atoms with Crippen LogP contribution in [0, 0.1) is 0 Å². The molecule has 33 heavy (non-hydrogen) atoms. The molecule has 0 aliphatic rings. The van der Waals surface area contributed by atoms with Gasteiger partial charge in [0.2, 0.25) is 0 Å². The van der Waals surface area contributed by atoms with E-state index in [4.69, 9.17) is 49.0 Å². The van der Waals surface area contributed by atoms with Gasteiger partial charge in [-0.2, -0.15) is 0 Å². The maximum Gasteiger partial charge on any atom is 0.0944 e. The van der Waals surface area contributed by atoms with Crippen molar-refractivity contribution in [1.29, 1.82) is 0 Å². The number of alkyl halides is 3. The number of halogens is 3. The molecule has 0 bridgehead atoms. The molecule has 0 spiro atoms. The zero-order valence-corrected chi connectivity index (χ0v) is 24.0. The highest BCUT2D eigenvalue weighted by Gasteiger charge is 2.15. The van der Waals surface area contributed by atoms with Crippen molar-refractivity contribution < 1.29 is 19.3 Å². The highest BCUT2D eigenvalue weighted by Crippen LogP contribution is 2.11. The van der Waals surface area contributed by atoms with E-state index in [1.807, 2.05) is 26.0 Å². The third-order valence-corrected chi connectivity index (χ3v) is 5.81. The summed E-state index contributed by atoms with van der Waals surface area (Å²) < 4.78 is 16.9. The Balaban J connectivity index is 0. The number of rotatable bonds is 23. The Morgan fingerprint density at radius 1 is 0.636 bits per heavy atom. The largest absolute Gasteiger partial charge is 0.389 e. The van der Waals surface area contributed by atoms with Gasteiger partial charge in [0.25, 0.3) is 0 Å². The molecular formula is C25H52Cl3NO4. The molecule has 0 heterocycles. The summed E-state index contributed by atoms with van der Waals surface area (Å²) in [5.74, 6) is 0.772. The van der Waals surface area contributed by atoms with E-state index in [0.29, 0.717) is 19.1 Å². The first kappa shape index (κ1) is 35.8. The molecule has 0 saturated carbocycles. The molecule has 1 N–H and O–H groups in total. The fraction of sp³-hybridized carbons (Fsp3) is 1.00. The zero-order valence-electron chi connectivity index (χ0n) is 21.7. The fourth-order valence-electron chi connectivity index (χ4n) is 2.89. The van der Waals surface area contributed by atoms with Crippen LogP contribution in [0.1, 0.15) is 77.6 Å². The van der Waals surface area contributed by atoms with Gasteiger partial charge in [-0.05, 0) is 27.6 Å². The minimum Gasteiger partial charge on any atom is -0.389 e. The molecule has 5 nitrogen and oxygen atoms in total. The molecule has 0 aliphatic heterocycles. The molecule has 8 heteroatoms. The van der Waals surface area contributed by atoms with Gasteiger partial charge < -0.3 is 24.2 Å². The van der Waals surface area contributed by atoms with E-state index < -0.39 is 6.10 Å². The molecule has 202 valence electrons. The summed E-state index contributed by atoms with van der Waals surface area (Å²) >= 11 is 17.4. The standard InChI is InChI=1S/C22H43Cl3O4.C3H9N/c1-2-3-4-5-6-7-8-9-10-11-12-13-27-18-21(15-24)29-19-22(16-25)28-17-20(26)14-23;1-4(2)3/h20-22,26H,2-19H2,1H3;1-3H3. The van der Waals surface area contributed by atoms with Crippen molar-refractivity contribution in [2.75, 3.05) is 65.2 Å². The second kappa shape index (κ2) is 28.9. The van der Waals surface area contributed by atoms with Crippen LogP contribution in [-0.2, 0) is 14.2 Å². The number of unbranched alkanes of at least 4 members (excludes halogenated alkanes) is 10. The summed E-state index contributed by atoms with van der Waals surface area (Å²) in [5, 5.41) is 9.43. The van der Waals surface area contributed by atoms with Gasteiger partial charge in [0.05, 0.1) is 55.8 Å². The number of aliphatic hydroxyl groups excluding tert-OH is 1. The third kappa shape index (κ3) is 30.6. The summed E-state index contributed by atoms with van der Waals surface area (Å²) in [5.41, 5.74) is 0. The van der Waals surface area contributed by atoms with Gasteiger partial charge in [0, 0.05) is 6.61 Å². The Kier molecular flexibility index (Phi) is 31.4. The van der Waals surface area contributed by atoms with Crippen molar-refractivity contribution in [3.63, 3.8) is 0 Å². The van der Waals surface area contributed by atoms with Crippen molar-refractivity contribution in [3.8, 4) is 0 Å². The highest BCUT2D eigenvalue weighted by atomic mass is 35.5. The van der Waals surface area contributed by atoms with Gasteiger partial charge in [-0.1, -0.05) is 71.1 Å². The van der Waals surface area contributed by atoms with Crippen molar-refractivity contribution >= 4 is 34.8 Å². The Hall–Kier alpha value is 0.670. The van der Waals surface area contributed by atoms with Gasteiger partial charge in [-0.3, -0.25) is 0 Å². The summed E-state index contributed by atoms with van der Waals surface area (Å²) in [7, 11) is 6.00. The summed E-state index contributed by atoms with van der Waals surface area (Å²) in [6.07, 6.45) is 13.4. The Morgan fingerprint density at radius 2 is 1.06 bits per heavy atom. The van der Waals surface area contributed by atoms with Gasteiger partial charge in [0.1, 0.15) is 0 Å². The molecule has 0 fully saturated rings. The minimum absolute atomic E-state index is 0.132. The lowest BCUT2D eigenvalue weighted by molar-refractivity contribution is -0.0676. The topological polar surface area (TPSA) is 51.2 Å². The van der Waals surface area contributed by atoms with E-state index in [9.17, 15) is 5.11 Å². The predicted molar refractivity (Wildman–Crippen MR) is 145 cm³/mol. The zero-order chi connectivity index (χ0) is 25.2. The average Bonchev–Trinajstić information content (AvgIpc) is 2.79. The van der Waals surface area contributed by atoms with Crippen molar-refractivity contribution in [2.24, 2.45) is 0 Å². The van der Waals surface area contributed by atoms with Crippen LogP contribution in [-0.4, -0.2) is 93.5 Å². The maximum absolute atomic E-state index is 9.43. The molecule has 0 rings (SSSR count). The first-order chi connectivity index (χ1) is 15.9. The smallest absolute Gasteiger partial charge is 0.0944 e. The molecule has 0 aliphatic carbocycles. The molecule has 0 aromatic heterocycles. The SMILES string of the molecule is CCCCCCCCCCCCCOCC(CCl)OCC(CCl)OCC(O)CCl.CN(C)C. The van der Waals surface area contributed by atoms with Crippen LogP contribution < -0.4 is 0 Å². The van der Waals surface area contributed by atoms with Crippen molar-refractivity contribution in [3.05, 3.63) is 0 Å². The summed E-state index contributed by atoms with van der Waals surface area (Å²) in [6.45, 7) is 3.94. The molecule has 0 saturated heterocycles. The van der Waals surface area contributed by atoms with Crippen LogP contribution in [0.25, 0.3) is 0 Å². The monoisotopic (exact) mass is 535 g/mol. The van der Waals surface area contributed by atoms with E-state index in [1.54, 1.807) is 0 Å². The Bertz CT molecular complexity index is 366. The maximum atomic E-state index is 9.43. The number of hydrogen-bond donors (Lipinski definition) is 1. The van der Waals surface area contributed by atoms with Crippen LogP contribution in [0.5, 0.6) is 0 Å². The lowest BCUT2D eigenvalue weighted by atomic mass is 10.1. The van der Waals surface area contributed by atoms with E-state index >= 15 is 0 Å². The van der Waals surface area contributed by atoms with Crippen LogP contribution in [0.15, 0.2) is 0 Å². The number of ether oxygens (including phenoxy) is 3. The van der Waals surface area contributed by atoms with Gasteiger partial charge in [0.15, 0.2) is 0 Å². The van der Waals surface area contributed by atoms with E-state index in [2.05, 4.69) is 6.92 Å². The van der Waals surface area contributed by atoms with Crippen LogP contribution in [0.3, 0.4) is 0 Å². The van der Waals surface area contributed by atoms with Gasteiger partial charge >= 0.3 is 0 Å². The fourth-order valence-corrected chi connectivity index (χ4v) is 3.34. The molecule has 3 unspecified atom stereocenters. The lowest BCUT2D eigenvalue weighted by Gasteiger charge is -2.21. The van der Waals surface area contributed by atoms with E-state index in [1.165, 1.54) is 64.2 Å². The second-order valence-corrected chi connectivity index (χ2v) is 9.91. The molecule has 0 aromatic rings. The second-order valence-electron chi connectivity index (χ2n) is 8.98. The van der Waals surface area contributed by atoms with E-state index in [0.717, 1.165) is 13.0 Å². The van der Waals surface area contributed by atoms with Gasteiger partial charge in [-0.25, -0.2) is 0 Å². The minimum atomic E-state index is -0.694. The normalized spacial score (nSPS) is 14.1. The van der Waals surface area contributed by atoms with Crippen molar-refractivity contribution in [1.82, 2.24) is 4.90 Å². The average molecular weight is 537 g/mol. The molecule has 0 amide bonds. The third-order valence-electron chi connectivity index (χ3n) is 4.76.